The minimum Gasteiger partial charge on any atom is -0.371 e. The highest BCUT2D eigenvalue weighted by Crippen LogP contribution is 2.38. The molecule has 1 saturated heterocycles. The number of aromatic nitrogens is 2. The van der Waals surface area contributed by atoms with Crippen LogP contribution < -0.4 is 32.0 Å². The zero-order valence-corrected chi connectivity index (χ0v) is 28.6. The number of fused-ring (bicyclic) bond motifs is 2. The third kappa shape index (κ3) is 5.23. The van der Waals surface area contributed by atoms with Gasteiger partial charge in [0, 0.05) is 47.2 Å². The number of benzene rings is 4. The standard InChI is InChI=1S/C41H38N4O6/c1-2-3-4-5-6-10-21-43-36(46)30-23-32-33(24-31(30)37(43)47)41(51)45(40(32)50)26-14-11-13-25(22-26)44-38(48)28-16-12-15-27-34(42-19-8-7-9-20-42)18-17-29(35(27)28)39(44)49/h11-18,22-24H,2-10,19-21H2,1H3. The van der Waals surface area contributed by atoms with E-state index in [0.29, 0.717) is 22.9 Å². The fourth-order valence-corrected chi connectivity index (χ4v) is 8.01. The summed E-state index contributed by atoms with van der Waals surface area (Å²) in [6, 6.07) is 18.1. The second-order valence-electron chi connectivity index (χ2n) is 13.8. The number of hydrogen-bond donors (Lipinski definition) is 0. The molecule has 0 unspecified atom stereocenters. The summed E-state index contributed by atoms with van der Waals surface area (Å²) in [5, 5.41) is 1.78. The van der Waals surface area contributed by atoms with Crippen molar-refractivity contribution >= 4 is 55.5 Å². The first-order valence-corrected chi connectivity index (χ1v) is 18.0. The SMILES string of the molecule is CCCCCCCCn1c(=O)c2cc3c(=O)n(-c4cccc(N5C(=O)c6cccc7c(N8CCCCC8)ccc(c67)C5=O)c4)c(=O)c3cc2c1=O. The molecule has 0 bridgehead atoms. The van der Waals surface area contributed by atoms with E-state index in [2.05, 4.69) is 11.8 Å². The number of carbonyl (C=O) groups excluding carboxylic acids is 2. The normalized spacial score (nSPS) is 14.8. The van der Waals surface area contributed by atoms with Crippen molar-refractivity contribution in [3.8, 4) is 5.69 Å². The number of unbranched alkanes of at least 4 members (excludes halogenated alkanes) is 5. The van der Waals surface area contributed by atoms with Crippen LogP contribution in [0.4, 0.5) is 11.4 Å². The van der Waals surface area contributed by atoms with E-state index < -0.39 is 34.1 Å². The Morgan fingerprint density at radius 1 is 0.549 bits per heavy atom. The fourth-order valence-electron chi connectivity index (χ4n) is 8.01. The second kappa shape index (κ2) is 12.9. The molecule has 6 aromatic rings. The van der Waals surface area contributed by atoms with Crippen molar-refractivity contribution in [1.29, 1.82) is 0 Å². The lowest BCUT2D eigenvalue weighted by Gasteiger charge is -2.32. The molecule has 8 rings (SSSR count). The molecule has 258 valence electrons. The summed E-state index contributed by atoms with van der Waals surface area (Å²) in [7, 11) is 0. The molecule has 51 heavy (non-hydrogen) atoms. The second-order valence-corrected chi connectivity index (χ2v) is 13.8. The molecule has 0 spiro atoms. The van der Waals surface area contributed by atoms with Gasteiger partial charge >= 0.3 is 0 Å². The number of rotatable bonds is 10. The maximum atomic E-state index is 14.0. The van der Waals surface area contributed by atoms with Gasteiger partial charge in [-0.2, -0.15) is 0 Å². The molecule has 4 heterocycles. The highest BCUT2D eigenvalue weighted by atomic mass is 16.2. The van der Waals surface area contributed by atoms with E-state index in [0.717, 1.165) is 78.6 Å². The summed E-state index contributed by atoms with van der Waals surface area (Å²) in [5.41, 5.74) is -0.0476. The molecule has 1 fully saturated rings. The van der Waals surface area contributed by atoms with E-state index in [-0.39, 0.29) is 39.5 Å². The van der Waals surface area contributed by atoms with E-state index in [9.17, 15) is 28.8 Å². The number of piperidine rings is 1. The lowest BCUT2D eigenvalue weighted by Crippen LogP contribution is -2.40. The van der Waals surface area contributed by atoms with Crippen molar-refractivity contribution < 1.29 is 9.59 Å². The Morgan fingerprint density at radius 2 is 1.14 bits per heavy atom. The van der Waals surface area contributed by atoms with E-state index in [1.165, 1.54) is 29.2 Å². The number of carbonyl (C=O) groups is 2. The molecule has 10 heteroatoms. The highest BCUT2D eigenvalue weighted by Gasteiger charge is 2.35. The highest BCUT2D eigenvalue weighted by molar-refractivity contribution is 6.36. The molecule has 2 amide bonds. The summed E-state index contributed by atoms with van der Waals surface area (Å²) in [6.07, 6.45) is 9.41. The molecular formula is C41H38N4O6. The number of anilines is 2. The van der Waals surface area contributed by atoms with Gasteiger partial charge in [-0.3, -0.25) is 33.3 Å². The Kier molecular flexibility index (Phi) is 8.24. The lowest BCUT2D eigenvalue weighted by molar-refractivity contribution is 0.0893. The monoisotopic (exact) mass is 682 g/mol. The summed E-state index contributed by atoms with van der Waals surface area (Å²) >= 11 is 0. The van der Waals surface area contributed by atoms with Gasteiger partial charge in [0.25, 0.3) is 34.1 Å². The van der Waals surface area contributed by atoms with Crippen LogP contribution in [0.1, 0.15) is 85.4 Å². The van der Waals surface area contributed by atoms with Crippen molar-refractivity contribution in [2.24, 2.45) is 0 Å². The predicted octanol–water partition coefficient (Wildman–Crippen LogP) is 6.21. The maximum Gasteiger partial charge on any atom is 0.266 e. The Balaban J connectivity index is 1.15. The smallest absolute Gasteiger partial charge is 0.266 e. The van der Waals surface area contributed by atoms with Crippen molar-refractivity contribution in [2.75, 3.05) is 22.9 Å². The molecule has 0 radical (unpaired) electrons. The molecular weight excluding hydrogens is 644 g/mol. The van der Waals surface area contributed by atoms with Gasteiger partial charge < -0.3 is 4.90 Å². The summed E-state index contributed by atoms with van der Waals surface area (Å²) in [5.74, 6) is -0.986. The van der Waals surface area contributed by atoms with Crippen LogP contribution in [-0.4, -0.2) is 34.0 Å². The third-order valence-corrected chi connectivity index (χ3v) is 10.6. The number of hydrogen-bond acceptors (Lipinski definition) is 7. The van der Waals surface area contributed by atoms with Crippen LogP contribution in [0.3, 0.4) is 0 Å². The number of imide groups is 1. The topological polar surface area (TPSA) is 119 Å². The van der Waals surface area contributed by atoms with Crippen LogP contribution in [0.15, 0.2) is 85.9 Å². The number of amides is 2. The Labute approximate surface area is 292 Å². The van der Waals surface area contributed by atoms with Crippen LogP contribution in [0.2, 0.25) is 0 Å². The minimum absolute atomic E-state index is 0.0296. The summed E-state index contributed by atoms with van der Waals surface area (Å²) in [4.78, 5) is 85.6. The molecule has 0 atom stereocenters. The first-order chi connectivity index (χ1) is 24.8. The summed E-state index contributed by atoms with van der Waals surface area (Å²) in [6.45, 7) is 4.27. The average Bonchev–Trinajstić information content (AvgIpc) is 3.54. The van der Waals surface area contributed by atoms with Gasteiger partial charge in [-0.25, -0.2) is 9.47 Å². The Bertz CT molecular complexity index is 2500. The van der Waals surface area contributed by atoms with Crippen LogP contribution in [0.25, 0.3) is 38.0 Å². The van der Waals surface area contributed by atoms with Crippen molar-refractivity contribution in [2.45, 2.75) is 71.3 Å². The quantitative estimate of drug-likeness (QED) is 0.125. The van der Waals surface area contributed by atoms with Crippen molar-refractivity contribution in [1.82, 2.24) is 9.13 Å². The van der Waals surface area contributed by atoms with Crippen LogP contribution in [0.5, 0.6) is 0 Å². The van der Waals surface area contributed by atoms with Gasteiger partial charge in [0.05, 0.1) is 32.9 Å². The van der Waals surface area contributed by atoms with Gasteiger partial charge in [-0.1, -0.05) is 57.2 Å². The lowest BCUT2D eigenvalue weighted by atomic mass is 9.92. The van der Waals surface area contributed by atoms with Crippen LogP contribution >= 0.6 is 0 Å². The summed E-state index contributed by atoms with van der Waals surface area (Å²) < 4.78 is 2.17. The van der Waals surface area contributed by atoms with Gasteiger partial charge in [0.2, 0.25) is 0 Å². The minimum atomic E-state index is -0.652. The zero-order chi connectivity index (χ0) is 35.4. The van der Waals surface area contributed by atoms with E-state index in [1.54, 1.807) is 30.3 Å². The van der Waals surface area contributed by atoms with Crippen LogP contribution in [0, 0.1) is 0 Å². The Hall–Kier alpha value is -5.64. The van der Waals surface area contributed by atoms with Crippen LogP contribution in [-0.2, 0) is 6.54 Å². The zero-order valence-electron chi connectivity index (χ0n) is 28.6. The van der Waals surface area contributed by atoms with Crippen molar-refractivity contribution in [3.05, 3.63) is 119 Å². The Morgan fingerprint density at radius 3 is 1.82 bits per heavy atom. The maximum absolute atomic E-state index is 14.0. The largest absolute Gasteiger partial charge is 0.371 e. The molecule has 0 N–H and O–H groups in total. The number of nitrogens with zero attached hydrogens (tertiary/aromatic N) is 4. The molecule has 0 saturated carbocycles. The van der Waals surface area contributed by atoms with Gasteiger partial charge in [0.1, 0.15) is 0 Å². The third-order valence-electron chi connectivity index (χ3n) is 10.6. The first-order valence-electron chi connectivity index (χ1n) is 18.0. The molecule has 4 aromatic carbocycles. The van der Waals surface area contributed by atoms with E-state index >= 15 is 0 Å². The molecule has 2 aliphatic rings. The van der Waals surface area contributed by atoms with Gasteiger partial charge in [-0.05, 0) is 74.2 Å². The van der Waals surface area contributed by atoms with E-state index in [4.69, 9.17) is 0 Å². The molecule has 2 aliphatic heterocycles. The molecule has 2 aromatic heterocycles. The fraction of sp³-hybridized carbons (Fsp3) is 0.317. The van der Waals surface area contributed by atoms with Gasteiger partial charge in [0.15, 0.2) is 0 Å². The molecule has 10 nitrogen and oxygen atoms in total. The van der Waals surface area contributed by atoms with Gasteiger partial charge in [-0.15, -0.1) is 0 Å². The molecule has 0 aliphatic carbocycles. The van der Waals surface area contributed by atoms with E-state index in [1.807, 2.05) is 18.2 Å². The average molecular weight is 683 g/mol. The van der Waals surface area contributed by atoms with Crippen molar-refractivity contribution in [3.63, 3.8) is 0 Å². The first kappa shape index (κ1) is 32.6. The predicted molar refractivity (Wildman–Crippen MR) is 201 cm³/mol.